The van der Waals surface area contributed by atoms with Crippen LogP contribution in [0, 0.1) is 0 Å². The van der Waals surface area contributed by atoms with Gasteiger partial charge in [-0.05, 0) is 17.7 Å². The van der Waals surface area contributed by atoms with Crippen molar-refractivity contribution in [3.63, 3.8) is 0 Å². The highest BCUT2D eigenvalue weighted by molar-refractivity contribution is 7.81. The highest BCUT2D eigenvalue weighted by Crippen LogP contribution is 2.43. The van der Waals surface area contributed by atoms with E-state index in [1.165, 1.54) is 12.1 Å². The molecule has 9 nitrogen and oxygen atoms in total. The molecule has 1 atom stereocenters. The molecule has 0 spiro atoms. The summed E-state index contributed by atoms with van der Waals surface area (Å²) in [5.41, 5.74) is 0.0931. The largest absolute Gasteiger partial charge is 0.507 e. The lowest BCUT2D eigenvalue weighted by Gasteiger charge is -2.26. The molecule has 0 radical (unpaired) electrons. The Bertz CT molecular complexity index is 1080. The van der Waals surface area contributed by atoms with E-state index in [1.54, 1.807) is 0 Å². The van der Waals surface area contributed by atoms with Gasteiger partial charge < -0.3 is 23.9 Å². The molecular weight excluding hydrogens is 368 g/mol. The Balaban J connectivity index is 1.92. The van der Waals surface area contributed by atoms with E-state index in [1.807, 2.05) is 0 Å². The number of hydrogen-bond donors (Lipinski definition) is 3. The van der Waals surface area contributed by atoms with Crippen molar-refractivity contribution >= 4 is 16.2 Å². The van der Waals surface area contributed by atoms with Gasteiger partial charge in [-0.2, -0.15) is 8.42 Å². The zero-order chi connectivity index (χ0) is 21.6. The molecule has 2 aromatic carbocycles. The van der Waals surface area contributed by atoms with E-state index >= 15 is 0 Å². The fourth-order valence-corrected chi connectivity index (χ4v) is 2.93. The zero-order valence-corrected chi connectivity index (χ0v) is 13.7. The van der Waals surface area contributed by atoms with Crippen LogP contribution in [-0.2, 0) is 10.4 Å². The first-order valence-electron chi connectivity index (χ1n) is 8.58. The Morgan fingerprint density at radius 1 is 1.23 bits per heavy atom. The smallest absolute Gasteiger partial charge is 0.446 e. The lowest BCUT2D eigenvalue weighted by Crippen LogP contribution is -2.20. The van der Waals surface area contributed by atoms with Gasteiger partial charge in [0.15, 0.2) is 23.0 Å². The number of carbonyl (C=O) groups is 1. The van der Waals surface area contributed by atoms with E-state index in [0.717, 1.165) is 18.2 Å². The second-order valence-electron chi connectivity index (χ2n) is 5.39. The van der Waals surface area contributed by atoms with Gasteiger partial charge in [0.25, 0.3) is 0 Å². The van der Waals surface area contributed by atoms with E-state index < -0.39 is 46.6 Å². The number of fused-ring (bicyclic) bond motifs is 1. The average molecular weight is 385 g/mol. The average Bonchev–Trinajstić information content (AvgIpc) is 2.53. The molecule has 0 fully saturated rings. The maximum absolute atomic E-state index is 12.4. The molecule has 3 N–H and O–H groups in total. The van der Waals surface area contributed by atoms with Crippen LogP contribution < -0.4 is 13.7 Å². The highest BCUT2D eigenvalue weighted by atomic mass is 32.3. The Morgan fingerprint density at radius 2 is 2.00 bits per heavy atom. The van der Waals surface area contributed by atoms with E-state index in [0.29, 0.717) is 5.56 Å². The summed E-state index contributed by atoms with van der Waals surface area (Å²) in [5.74, 6) is -2.61. The highest BCUT2D eigenvalue weighted by Gasteiger charge is 2.31. The summed E-state index contributed by atoms with van der Waals surface area (Å²) in [4.78, 5) is 12.4. The van der Waals surface area contributed by atoms with Crippen LogP contribution >= 0.6 is 0 Å². The van der Waals surface area contributed by atoms with Gasteiger partial charge >= 0.3 is 10.4 Å². The number of phenols is 2. The van der Waals surface area contributed by atoms with E-state index in [2.05, 4.69) is 8.92 Å². The number of ketones is 1. The van der Waals surface area contributed by atoms with Crippen LogP contribution in [0.3, 0.4) is 0 Å². The van der Waals surface area contributed by atoms with Crippen molar-refractivity contribution in [2.45, 2.75) is 12.5 Å². The van der Waals surface area contributed by atoms with Gasteiger partial charge in [0.2, 0.25) is 0 Å². The number of carbonyl (C=O) groups excluding carboxylic acids is 1. The maximum atomic E-state index is 12.4. The van der Waals surface area contributed by atoms with E-state index in [-0.39, 0.29) is 23.5 Å². The van der Waals surface area contributed by atoms with Gasteiger partial charge in [0.05, 0.1) is 17.6 Å². The topological polar surface area (TPSA) is 140 Å². The van der Waals surface area contributed by atoms with Crippen molar-refractivity contribution < 1.29 is 45.7 Å². The molecule has 1 aliphatic heterocycles. The summed E-state index contributed by atoms with van der Waals surface area (Å²) in [6.07, 6.45) is -1.17. The first kappa shape index (κ1) is 14.2. The summed E-state index contributed by atoms with van der Waals surface area (Å²) in [5, 5.41) is 20.0. The normalized spacial score (nSPS) is 18.7. The van der Waals surface area contributed by atoms with Crippen molar-refractivity contribution in [2.24, 2.45) is 0 Å². The van der Waals surface area contributed by atoms with Crippen molar-refractivity contribution in [3.8, 4) is 28.7 Å². The van der Waals surface area contributed by atoms with Gasteiger partial charge in [-0.25, -0.2) is 0 Å². The van der Waals surface area contributed by atoms with Gasteiger partial charge in [-0.1, -0.05) is 6.07 Å². The Morgan fingerprint density at radius 3 is 2.65 bits per heavy atom. The Kier molecular flexibility index (Phi) is 3.49. The monoisotopic (exact) mass is 385 g/mol. The van der Waals surface area contributed by atoms with Crippen LogP contribution in [0.5, 0.6) is 28.7 Å². The molecule has 0 aliphatic carbocycles. The van der Waals surface area contributed by atoms with Crippen LogP contribution in [0.1, 0.15) is 32.6 Å². The fourth-order valence-electron chi connectivity index (χ4n) is 2.59. The number of methoxy groups -OCH3 is 1. The fraction of sp³-hybridized carbons (Fsp3) is 0.188. The molecule has 0 saturated heterocycles. The number of phenolic OH excluding ortho intramolecular Hbond substituents is 2. The predicted molar refractivity (Wildman–Crippen MR) is 87.3 cm³/mol. The van der Waals surface area contributed by atoms with Crippen LogP contribution in [0.4, 0.5) is 0 Å². The Hall–Kier alpha value is -2.98. The number of hydrogen-bond acceptors (Lipinski definition) is 8. The number of rotatable bonds is 4. The van der Waals surface area contributed by atoms with Gasteiger partial charge in [0, 0.05) is 12.1 Å². The Labute approximate surface area is 152 Å². The maximum Gasteiger partial charge on any atom is 0.446 e. The third-order valence-electron chi connectivity index (χ3n) is 3.64. The molecule has 0 bridgehead atoms. The molecule has 1 aliphatic rings. The second kappa shape index (κ2) is 6.39. The summed E-state index contributed by atoms with van der Waals surface area (Å²) in [7, 11) is -7.64. The van der Waals surface area contributed by atoms with Crippen LogP contribution in [0.15, 0.2) is 30.3 Å². The first-order valence-corrected chi connectivity index (χ1v) is 8.44. The van der Waals surface area contributed by atoms with Crippen LogP contribution in [0.2, 0.25) is 0 Å². The lowest BCUT2D eigenvalue weighted by molar-refractivity contribution is 0.0844. The van der Waals surface area contributed by atoms with Crippen LogP contribution in [-0.4, -0.2) is 36.0 Å². The molecule has 0 saturated carbocycles. The number of ether oxygens (including phenoxy) is 2. The number of benzene rings is 2. The number of aromatic hydroxyl groups is 2. The molecule has 0 aromatic heterocycles. The molecule has 3 rings (SSSR count). The van der Waals surface area contributed by atoms with Crippen LogP contribution in [0.25, 0.3) is 0 Å². The molecule has 0 unspecified atom stereocenters. The minimum Gasteiger partial charge on any atom is -0.507 e. The second-order valence-corrected chi connectivity index (χ2v) is 6.41. The van der Waals surface area contributed by atoms with Crippen molar-refractivity contribution in [1.29, 1.82) is 0 Å². The predicted octanol–water partition coefficient (Wildman–Crippen LogP) is 1.99. The third-order valence-corrected chi connectivity index (χ3v) is 4.04. The van der Waals surface area contributed by atoms with Crippen molar-refractivity contribution in [2.75, 3.05) is 7.04 Å². The van der Waals surface area contributed by atoms with Gasteiger partial charge in [-0.3, -0.25) is 9.35 Å². The summed E-state index contributed by atoms with van der Waals surface area (Å²) in [6.45, 7) is 0. The van der Waals surface area contributed by atoms with Crippen molar-refractivity contribution in [3.05, 3.63) is 41.5 Å². The zero-order valence-electron chi connectivity index (χ0n) is 15.9. The molecule has 2 aromatic rings. The van der Waals surface area contributed by atoms with Gasteiger partial charge in [0.1, 0.15) is 23.2 Å². The van der Waals surface area contributed by atoms with Crippen molar-refractivity contribution in [1.82, 2.24) is 0 Å². The SMILES string of the molecule is [2H]C([2H])([2H])Oc1ccc([C@@H]2CC(=O)c3c(O)cc(OS(=O)(=O)O)cc3O2)cc1O. The van der Waals surface area contributed by atoms with E-state index in [4.69, 9.17) is 13.4 Å². The summed E-state index contributed by atoms with van der Waals surface area (Å²) < 4.78 is 66.2. The molecule has 138 valence electrons. The molecule has 26 heavy (non-hydrogen) atoms. The molecular formula is C16H14O9S. The lowest BCUT2D eigenvalue weighted by atomic mass is 9.95. The molecule has 0 amide bonds. The summed E-state index contributed by atoms with van der Waals surface area (Å²) >= 11 is 0. The number of Topliss-reactive ketones (excluding diaryl/α,β-unsaturated/α-hetero) is 1. The van der Waals surface area contributed by atoms with Gasteiger partial charge in [-0.15, -0.1) is 0 Å². The first-order chi connectivity index (χ1) is 13.3. The molecule has 10 heteroatoms. The third kappa shape index (κ3) is 3.51. The minimum absolute atomic E-state index is 0.199. The summed E-state index contributed by atoms with van der Waals surface area (Å²) in [6, 6.07) is 5.56. The quantitative estimate of drug-likeness (QED) is 0.674. The standard InChI is InChI=1S/C16H14O9S/c1-23-13-3-2-8(4-10(13)17)14-7-12(19)16-11(18)5-9(6-15(16)24-14)25-26(20,21)22/h2-6,14,17-18H,7H2,1H3,(H,20,21,22)/t14-/m0/s1/i1D3. The minimum atomic E-state index is -4.87. The molecule has 1 heterocycles. The van der Waals surface area contributed by atoms with E-state index in [9.17, 15) is 23.4 Å².